The number of ether oxygens (including phenoxy) is 1. The minimum absolute atomic E-state index is 0.172. The fourth-order valence-corrected chi connectivity index (χ4v) is 3.24. The second-order valence-electron chi connectivity index (χ2n) is 6.82. The molecule has 1 fully saturated rings. The maximum atomic E-state index is 12.8. The summed E-state index contributed by atoms with van der Waals surface area (Å²) in [5.41, 5.74) is 2.78. The molecule has 0 spiro atoms. The number of hydrogen-bond donors (Lipinski definition) is 1. The predicted molar refractivity (Wildman–Crippen MR) is 116 cm³/mol. The summed E-state index contributed by atoms with van der Waals surface area (Å²) in [6, 6.07) is 23.8. The molecule has 3 aromatic carbocycles. The fraction of sp³-hybridized carbons (Fsp3) is 0.0833. The molecule has 0 bridgehead atoms. The van der Waals surface area contributed by atoms with E-state index in [9.17, 15) is 9.59 Å². The van der Waals surface area contributed by atoms with Gasteiger partial charge in [0, 0.05) is 10.6 Å². The standard InChI is InChI=1S/C24H19ClN2O3/c25-20-12-10-17(11-13-20)15-27-23(28)21(26-24(27)29)14-19-8-4-5-9-22(19)30-16-18-6-2-1-3-7-18/h1-14H,15-16H2,(H,26,29)/b21-14-. The van der Waals surface area contributed by atoms with Gasteiger partial charge in [0.05, 0.1) is 6.54 Å². The fourth-order valence-electron chi connectivity index (χ4n) is 3.11. The van der Waals surface area contributed by atoms with Crippen LogP contribution in [0.25, 0.3) is 6.08 Å². The smallest absolute Gasteiger partial charge is 0.329 e. The SMILES string of the molecule is O=C1N/C(=C\c2ccccc2OCc2ccccc2)C(=O)N1Cc1ccc(Cl)cc1. The van der Waals surface area contributed by atoms with Crippen molar-refractivity contribution in [1.82, 2.24) is 10.2 Å². The molecule has 3 amide bonds. The molecular weight excluding hydrogens is 400 g/mol. The number of imide groups is 1. The molecule has 0 saturated carbocycles. The zero-order valence-electron chi connectivity index (χ0n) is 16.0. The highest BCUT2D eigenvalue weighted by molar-refractivity contribution is 6.30. The van der Waals surface area contributed by atoms with E-state index in [1.807, 2.05) is 54.6 Å². The highest BCUT2D eigenvalue weighted by atomic mass is 35.5. The second kappa shape index (κ2) is 8.84. The summed E-state index contributed by atoms with van der Waals surface area (Å²) in [6.45, 7) is 0.579. The lowest BCUT2D eigenvalue weighted by molar-refractivity contribution is -0.123. The lowest BCUT2D eigenvalue weighted by Crippen LogP contribution is -2.30. The number of hydrogen-bond acceptors (Lipinski definition) is 3. The summed E-state index contributed by atoms with van der Waals surface area (Å²) in [5, 5.41) is 3.25. The van der Waals surface area contributed by atoms with Crippen LogP contribution in [-0.4, -0.2) is 16.8 Å². The van der Waals surface area contributed by atoms with E-state index in [1.165, 1.54) is 4.90 Å². The van der Waals surface area contributed by atoms with Crippen LogP contribution < -0.4 is 10.1 Å². The minimum atomic E-state index is -0.455. The Hall–Kier alpha value is -3.57. The Morgan fingerprint density at radius 2 is 1.57 bits per heavy atom. The molecule has 0 atom stereocenters. The van der Waals surface area contributed by atoms with Gasteiger partial charge in [0.1, 0.15) is 18.1 Å². The Balaban J connectivity index is 1.51. The summed E-state index contributed by atoms with van der Waals surface area (Å²) < 4.78 is 5.93. The maximum Gasteiger partial charge on any atom is 0.329 e. The first-order valence-electron chi connectivity index (χ1n) is 9.45. The third kappa shape index (κ3) is 4.53. The zero-order valence-corrected chi connectivity index (χ0v) is 16.8. The Morgan fingerprint density at radius 3 is 2.33 bits per heavy atom. The van der Waals surface area contributed by atoms with Crippen LogP contribution in [0.2, 0.25) is 5.02 Å². The quantitative estimate of drug-likeness (QED) is 0.452. The van der Waals surface area contributed by atoms with Gasteiger partial charge in [-0.25, -0.2) is 4.79 Å². The molecule has 1 heterocycles. The maximum absolute atomic E-state index is 12.8. The van der Waals surface area contributed by atoms with Crippen LogP contribution >= 0.6 is 11.6 Å². The summed E-state index contributed by atoms with van der Waals surface area (Å²) in [5.74, 6) is 0.250. The molecule has 6 heteroatoms. The van der Waals surface area contributed by atoms with Gasteiger partial charge in [0.15, 0.2) is 0 Å². The largest absolute Gasteiger partial charge is 0.488 e. The number of nitrogens with one attached hydrogen (secondary N) is 1. The molecular formula is C24H19ClN2O3. The molecule has 30 heavy (non-hydrogen) atoms. The van der Waals surface area contributed by atoms with Gasteiger partial charge in [-0.05, 0) is 35.4 Å². The summed E-state index contributed by atoms with van der Waals surface area (Å²) >= 11 is 5.90. The average molecular weight is 419 g/mol. The first kappa shape index (κ1) is 19.7. The molecule has 1 aliphatic heterocycles. The summed E-state index contributed by atoms with van der Waals surface area (Å²) in [6.07, 6.45) is 1.64. The van der Waals surface area contributed by atoms with Gasteiger partial charge in [-0.1, -0.05) is 72.3 Å². The van der Waals surface area contributed by atoms with Crippen LogP contribution in [0.1, 0.15) is 16.7 Å². The third-order valence-corrected chi connectivity index (χ3v) is 4.92. The van der Waals surface area contributed by atoms with Crippen LogP contribution in [0.15, 0.2) is 84.6 Å². The van der Waals surface area contributed by atoms with E-state index in [0.717, 1.165) is 11.1 Å². The molecule has 150 valence electrons. The first-order valence-corrected chi connectivity index (χ1v) is 9.83. The van der Waals surface area contributed by atoms with E-state index < -0.39 is 6.03 Å². The highest BCUT2D eigenvalue weighted by Crippen LogP contribution is 2.24. The van der Waals surface area contributed by atoms with Crippen LogP contribution in [-0.2, 0) is 17.9 Å². The van der Waals surface area contributed by atoms with E-state index in [1.54, 1.807) is 30.3 Å². The molecule has 5 nitrogen and oxygen atoms in total. The van der Waals surface area contributed by atoms with Crippen molar-refractivity contribution in [2.75, 3.05) is 0 Å². The molecule has 1 saturated heterocycles. The number of urea groups is 1. The normalized spacial score (nSPS) is 14.8. The van der Waals surface area contributed by atoms with E-state index >= 15 is 0 Å². The van der Waals surface area contributed by atoms with Crippen molar-refractivity contribution >= 4 is 29.6 Å². The number of halogens is 1. The Kier molecular flexibility index (Phi) is 5.82. The van der Waals surface area contributed by atoms with Crippen molar-refractivity contribution in [2.24, 2.45) is 0 Å². The molecule has 0 radical (unpaired) electrons. The van der Waals surface area contributed by atoms with Crippen LogP contribution in [0.4, 0.5) is 4.79 Å². The van der Waals surface area contributed by atoms with Crippen LogP contribution in [0.5, 0.6) is 5.75 Å². The Labute approximate surface area is 179 Å². The number of benzene rings is 3. The highest BCUT2D eigenvalue weighted by Gasteiger charge is 2.33. The third-order valence-electron chi connectivity index (χ3n) is 4.67. The van der Waals surface area contributed by atoms with Gasteiger partial charge in [0.2, 0.25) is 0 Å². The molecule has 3 aromatic rings. The molecule has 0 aliphatic carbocycles. The lowest BCUT2D eigenvalue weighted by atomic mass is 10.1. The van der Waals surface area contributed by atoms with Gasteiger partial charge in [0.25, 0.3) is 5.91 Å². The monoisotopic (exact) mass is 418 g/mol. The van der Waals surface area contributed by atoms with Crippen molar-refractivity contribution in [1.29, 1.82) is 0 Å². The van der Waals surface area contributed by atoms with Crippen molar-refractivity contribution < 1.29 is 14.3 Å². The first-order chi connectivity index (χ1) is 14.6. The molecule has 1 N–H and O–H groups in total. The Bertz CT molecular complexity index is 1090. The number of amides is 3. The van der Waals surface area contributed by atoms with Gasteiger partial charge < -0.3 is 10.1 Å². The molecule has 0 unspecified atom stereocenters. The summed E-state index contributed by atoms with van der Waals surface area (Å²) in [4.78, 5) is 26.3. The van der Waals surface area contributed by atoms with E-state index in [4.69, 9.17) is 16.3 Å². The van der Waals surface area contributed by atoms with Gasteiger partial charge >= 0.3 is 6.03 Å². The topological polar surface area (TPSA) is 58.6 Å². The predicted octanol–water partition coefficient (Wildman–Crippen LogP) is 5.01. The number of carbonyl (C=O) groups excluding carboxylic acids is 2. The van der Waals surface area contributed by atoms with Crippen LogP contribution in [0, 0.1) is 0 Å². The number of para-hydroxylation sites is 1. The second-order valence-corrected chi connectivity index (χ2v) is 7.25. The Morgan fingerprint density at radius 1 is 0.867 bits per heavy atom. The minimum Gasteiger partial charge on any atom is -0.488 e. The van der Waals surface area contributed by atoms with E-state index in [-0.39, 0.29) is 18.1 Å². The van der Waals surface area contributed by atoms with Gasteiger partial charge in [-0.3, -0.25) is 9.69 Å². The number of nitrogens with zero attached hydrogens (tertiary/aromatic N) is 1. The molecule has 0 aromatic heterocycles. The van der Waals surface area contributed by atoms with Crippen molar-refractivity contribution in [3.8, 4) is 5.75 Å². The summed E-state index contributed by atoms with van der Waals surface area (Å²) in [7, 11) is 0. The van der Waals surface area contributed by atoms with Crippen molar-refractivity contribution in [2.45, 2.75) is 13.2 Å². The number of rotatable bonds is 6. The average Bonchev–Trinajstić information content (AvgIpc) is 3.03. The number of carbonyl (C=O) groups is 2. The van der Waals surface area contributed by atoms with Gasteiger partial charge in [-0.15, -0.1) is 0 Å². The van der Waals surface area contributed by atoms with Crippen molar-refractivity contribution in [3.63, 3.8) is 0 Å². The van der Waals surface area contributed by atoms with E-state index in [0.29, 0.717) is 22.9 Å². The van der Waals surface area contributed by atoms with Crippen LogP contribution in [0.3, 0.4) is 0 Å². The van der Waals surface area contributed by atoms with Gasteiger partial charge in [-0.2, -0.15) is 0 Å². The molecule has 4 rings (SSSR count). The van der Waals surface area contributed by atoms with E-state index in [2.05, 4.69) is 5.32 Å². The lowest BCUT2D eigenvalue weighted by Gasteiger charge is -2.12. The molecule has 1 aliphatic rings. The van der Waals surface area contributed by atoms with Crippen molar-refractivity contribution in [3.05, 3.63) is 106 Å². The zero-order chi connectivity index (χ0) is 20.9.